The molecule has 1 amide bonds. The maximum atomic E-state index is 12.4. The first kappa shape index (κ1) is 16.4. The van der Waals surface area contributed by atoms with Crippen LogP contribution in [-0.2, 0) is 11.2 Å². The smallest absolute Gasteiger partial charge is 0.335 e. The molecule has 0 spiro atoms. The number of carboxylic acid groups (broad SMARTS) is 1. The molecule has 2 N–H and O–H groups in total. The lowest BCUT2D eigenvalue weighted by Crippen LogP contribution is -2.18. The minimum Gasteiger partial charge on any atom is -0.478 e. The fourth-order valence-electron chi connectivity index (χ4n) is 2.49. The number of hydrogen-bond donors (Lipinski definition) is 2. The van der Waals surface area contributed by atoms with Crippen molar-refractivity contribution in [3.05, 3.63) is 71.5 Å². The number of aromatic nitrogens is 3. The SMILES string of the molecule is Cc1cc(NC(=O)Cc2ccccc2C(=O)O)n(-c2ccccn2)n1. The highest BCUT2D eigenvalue weighted by Gasteiger charge is 2.15. The van der Waals surface area contributed by atoms with Crippen LogP contribution in [0.4, 0.5) is 5.82 Å². The Bertz CT molecular complexity index is 919. The molecule has 0 aliphatic heterocycles. The summed E-state index contributed by atoms with van der Waals surface area (Å²) in [5, 5.41) is 16.3. The molecule has 2 aromatic heterocycles. The molecule has 126 valence electrons. The number of carbonyl (C=O) groups excluding carboxylic acids is 1. The zero-order valence-electron chi connectivity index (χ0n) is 13.5. The van der Waals surface area contributed by atoms with Gasteiger partial charge in [0.1, 0.15) is 5.82 Å². The van der Waals surface area contributed by atoms with E-state index >= 15 is 0 Å². The van der Waals surface area contributed by atoms with Gasteiger partial charge in [-0.1, -0.05) is 24.3 Å². The highest BCUT2D eigenvalue weighted by atomic mass is 16.4. The van der Waals surface area contributed by atoms with E-state index in [9.17, 15) is 14.7 Å². The lowest BCUT2D eigenvalue weighted by Gasteiger charge is -2.09. The summed E-state index contributed by atoms with van der Waals surface area (Å²) in [6, 6.07) is 13.6. The Balaban J connectivity index is 1.82. The molecular weight excluding hydrogens is 320 g/mol. The summed E-state index contributed by atoms with van der Waals surface area (Å²) in [5.74, 6) is -0.325. The molecule has 0 aliphatic rings. The first-order valence-corrected chi connectivity index (χ1v) is 7.63. The monoisotopic (exact) mass is 336 g/mol. The van der Waals surface area contributed by atoms with Crippen LogP contribution < -0.4 is 5.32 Å². The van der Waals surface area contributed by atoms with Crippen molar-refractivity contribution < 1.29 is 14.7 Å². The molecule has 0 saturated heterocycles. The molecule has 0 unspecified atom stereocenters. The summed E-state index contributed by atoms with van der Waals surface area (Å²) in [6.45, 7) is 1.81. The molecular formula is C18H16N4O3. The number of nitrogens with one attached hydrogen (secondary N) is 1. The molecule has 25 heavy (non-hydrogen) atoms. The van der Waals surface area contributed by atoms with Crippen LogP contribution >= 0.6 is 0 Å². The molecule has 1 aromatic carbocycles. The Morgan fingerprint density at radius 2 is 1.92 bits per heavy atom. The van der Waals surface area contributed by atoms with Crippen molar-refractivity contribution >= 4 is 17.7 Å². The molecule has 3 aromatic rings. The average molecular weight is 336 g/mol. The van der Waals surface area contributed by atoms with Gasteiger partial charge in [-0.05, 0) is 30.7 Å². The van der Waals surface area contributed by atoms with E-state index in [0.717, 1.165) is 5.69 Å². The molecule has 2 heterocycles. The zero-order valence-corrected chi connectivity index (χ0v) is 13.5. The van der Waals surface area contributed by atoms with Gasteiger partial charge >= 0.3 is 5.97 Å². The zero-order chi connectivity index (χ0) is 17.8. The van der Waals surface area contributed by atoms with Gasteiger partial charge in [-0.2, -0.15) is 9.78 Å². The fourth-order valence-corrected chi connectivity index (χ4v) is 2.49. The number of aryl methyl sites for hydroxylation is 1. The highest BCUT2D eigenvalue weighted by Crippen LogP contribution is 2.16. The summed E-state index contributed by atoms with van der Waals surface area (Å²) < 4.78 is 1.54. The van der Waals surface area contributed by atoms with Crippen LogP contribution in [0.25, 0.3) is 5.82 Å². The van der Waals surface area contributed by atoms with Gasteiger partial charge in [0.05, 0.1) is 17.7 Å². The normalized spacial score (nSPS) is 10.4. The van der Waals surface area contributed by atoms with Gasteiger partial charge in [0.25, 0.3) is 0 Å². The molecule has 0 radical (unpaired) electrons. The lowest BCUT2D eigenvalue weighted by atomic mass is 10.0. The maximum Gasteiger partial charge on any atom is 0.335 e. The predicted molar refractivity (Wildman–Crippen MR) is 91.8 cm³/mol. The number of anilines is 1. The van der Waals surface area contributed by atoms with Gasteiger partial charge in [0.15, 0.2) is 5.82 Å². The average Bonchev–Trinajstić information content (AvgIpc) is 2.96. The highest BCUT2D eigenvalue weighted by molar-refractivity contribution is 5.95. The third kappa shape index (κ3) is 3.72. The number of benzene rings is 1. The minimum atomic E-state index is -1.06. The Morgan fingerprint density at radius 1 is 1.16 bits per heavy atom. The van der Waals surface area contributed by atoms with Crippen LogP contribution in [0.5, 0.6) is 0 Å². The van der Waals surface area contributed by atoms with E-state index in [1.54, 1.807) is 42.6 Å². The van der Waals surface area contributed by atoms with Gasteiger partial charge < -0.3 is 10.4 Å². The van der Waals surface area contributed by atoms with E-state index in [2.05, 4.69) is 15.4 Å². The fraction of sp³-hybridized carbons (Fsp3) is 0.111. The largest absolute Gasteiger partial charge is 0.478 e. The Hall–Kier alpha value is -3.48. The van der Waals surface area contributed by atoms with Crippen LogP contribution in [0.15, 0.2) is 54.7 Å². The number of rotatable bonds is 5. The molecule has 0 saturated carbocycles. The Labute approximate surface area is 143 Å². The second kappa shape index (κ2) is 6.96. The van der Waals surface area contributed by atoms with Gasteiger partial charge in [0.2, 0.25) is 5.91 Å². The molecule has 0 aliphatic carbocycles. The van der Waals surface area contributed by atoms with E-state index in [1.807, 2.05) is 13.0 Å². The van der Waals surface area contributed by atoms with Gasteiger partial charge in [-0.15, -0.1) is 0 Å². The molecule has 7 nitrogen and oxygen atoms in total. The van der Waals surface area contributed by atoms with E-state index < -0.39 is 5.97 Å². The van der Waals surface area contributed by atoms with E-state index in [1.165, 1.54) is 10.7 Å². The topological polar surface area (TPSA) is 97.1 Å². The van der Waals surface area contributed by atoms with Crippen LogP contribution in [-0.4, -0.2) is 31.7 Å². The van der Waals surface area contributed by atoms with Crippen molar-refractivity contribution in [2.75, 3.05) is 5.32 Å². The third-order valence-corrected chi connectivity index (χ3v) is 3.56. The number of amides is 1. The maximum absolute atomic E-state index is 12.4. The molecule has 0 atom stereocenters. The second-order valence-corrected chi connectivity index (χ2v) is 5.46. The van der Waals surface area contributed by atoms with Crippen molar-refractivity contribution in [2.24, 2.45) is 0 Å². The van der Waals surface area contributed by atoms with Crippen molar-refractivity contribution in [3.8, 4) is 5.82 Å². The summed E-state index contributed by atoms with van der Waals surface area (Å²) in [7, 11) is 0. The molecule has 0 fully saturated rings. The van der Waals surface area contributed by atoms with Gasteiger partial charge in [0, 0.05) is 12.3 Å². The van der Waals surface area contributed by atoms with Crippen molar-refractivity contribution in [1.29, 1.82) is 0 Å². The number of carbonyl (C=O) groups is 2. The Morgan fingerprint density at radius 3 is 2.64 bits per heavy atom. The first-order chi connectivity index (χ1) is 12.0. The van der Waals surface area contributed by atoms with Crippen molar-refractivity contribution in [2.45, 2.75) is 13.3 Å². The lowest BCUT2D eigenvalue weighted by molar-refractivity contribution is -0.115. The number of carboxylic acids is 1. The summed E-state index contributed by atoms with van der Waals surface area (Å²) in [5.41, 5.74) is 1.30. The summed E-state index contributed by atoms with van der Waals surface area (Å²) in [6.07, 6.45) is 1.59. The standard InChI is InChI=1S/C18H16N4O3/c1-12-10-16(22(21-12)15-8-4-5-9-19-15)20-17(23)11-13-6-2-3-7-14(13)18(24)25/h2-10H,11H2,1H3,(H,20,23)(H,24,25). The van der Waals surface area contributed by atoms with Crippen LogP contribution in [0, 0.1) is 6.92 Å². The number of nitrogens with zero attached hydrogens (tertiary/aromatic N) is 3. The van der Waals surface area contributed by atoms with Gasteiger partial charge in [-0.25, -0.2) is 9.78 Å². The Kier molecular flexibility index (Phi) is 4.56. The second-order valence-electron chi connectivity index (χ2n) is 5.46. The number of hydrogen-bond acceptors (Lipinski definition) is 4. The van der Waals surface area contributed by atoms with E-state index in [4.69, 9.17) is 0 Å². The van der Waals surface area contributed by atoms with Crippen LogP contribution in [0.3, 0.4) is 0 Å². The molecule has 7 heteroatoms. The van der Waals surface area contributed by atoms with E-state index in [0.29, 0.717) is 17.2 Å². The first-order valence-electron chi connectivity index (χ1n) is 7.63. The van der Waals surface area contributed by atoms with Gasteiger partial charge in [-0.3, -0.25) is 4.79 Å². The summed E-state index contributed by atoms with van der Waals surface area (Å²) in [4.78, 5) is 27.9. The quantitative estimate of drug-likeness (QED) is 0.746. The number of aromatic carboxylic acids is 1. The summed E-state index contributed by atoms with van der Waals surface area (Å²) >= 11 is 0. The molecule has 0 bridgehead atoms. The third-order valence-electron chi connectivity index (χ3n) is 3.56. The van der Waals surface area contributed by atoms with E-state index in [-0.39, 0.29) is 17.9 Å². The van der Waals surface area contributed by atoms with Crippen molar-refractivity contribution in [3.63, 3.8) is 0 Å². The minimum absolute atomic E-state index is 0.0467. The van der Waals surface area contributed by atoms with Crippen LogP contribution in [0.1, 0.15) is 21.6 Å². The van der Waals surface area contributed by atoms with Crippen LogP contribution in [0.2, 0.25) is 0 Å². The predicted octanol–water partition coefficient (Wildman–Crippen LogP) is 2.46. The number of pyridine rings is 1. The molecule has 3 rings (SSSR count). The van der Waals surface area contributed by atoms with Crippen molar-refractivity contribution in [1.82, 2.24) is 14.8 Å².